The minimum absolute atomic E-state index is 0.00294. The maximum absolute atomic E-state index is 11.8. The highest BCUT2D eigenvalue weighted by Crippen LogP contribution is 2.25. The summed E-state index contributed by atoms with van der Waals surface area (Å²) in [7, 11) is 1.92. The van der Waals surface area contributed by atoms with Gasteiger partial charge in [0.1, 0.15) is 0 Å². The molecule has 2 heterocycles. The molecule has 0 aliphatic carbocycles. The van der Waals surface area contributed by atoms with Crippen LogP contribution >= 0.6 is 23.1 Å². The van der Waals surface area contributed by atoms with Crippen molar-refractivity contribution in [2.75, 3.05) is 5.75 Å². The number of aromatic nitrogens is 3. The van der Waals surface area contributed by atoms with Crippen LogP contribution in [0.25, 0.3) is 10.7 Å². The molecular weight excluding hydrogens is 292 g/mol. The second kappa shape index (κ2) is 5.97. The maximum Gasteiger partial charge on any atom is 0.230 e. The van der Waals surface area contributed by atoms with Gasteiger partial charge in [0.25, 0.3) is 0 Å². The number of thiophene rings is 1. The van der Waals surface area contributed by atoms with Crippen molar-refractivity contribution < 1.29 is 4.79 Å². The fourth-order valence-corrected chi connectivity index (χ4v) is 3.10. The second-order valence-corrected chi connectivity index (χ2v) is 7.32. The molecule has 0 bridgehead atoms. The van der Waals surface area contributed by atoms with E-state index in [9.17, 15) is 4.79 Å². The standard InChI is InChI=1S/C13H18N4OS2/c1-13(2,3)14-10(18)8-20-12-16-15-11(17(12)4)9-6-5-7-19-9/h5-7H,8H2,1-4H3,(H,14,18). The molecule has 1 N–H and O–H groups in total. The highest BCUT2D eigenvalue weighted by molar-refractivity contribution is 7.99. The highest BCUT2D eigenvalue weighted by atomic mass is 32.2. The van der Waals surface area contributed by atoms with Crippen LogP contribution in [0.3, 0.4) is 0 Å². The lowest BCUT2D eigenvalue weighted by Gasteiger charge is -2.20. The minimum atomic E-state index is -0.209. The van der Waals surface area contributed by atoms with E-state index < -0.39 is 0 Å². The summed E-state index contributed by atoms with van der Waals surface area (Å²) in [5, 5.41) is 14.0. The summed E-state index contributed by atoms with van der Waals surface area (Å²) in [6.07, 6.45) is 0. The fourth-order valence-electron chi connectivity index (χ4n) is 1.65. The van der Waals surface area contributed by atoms with E-state index in [2.05, 4.69) is 15.5 Å². The summed E-state index contributed by atoms with van der Waals surface area (Å²) in [4.78, 5) is 12.9. The molecule has 7 heteroatoms. The SMILES string of the molecule is Cn1c(SCC(=O)NC(C)(C)C)nnc1-c1cccs1. The van der Waals surface area contributed by atoms with E-state index in [4.69, 9.17) is 0 Å². The Balaban J connectivity index is 2.00. The summed E-state index contributed by atoms with van der Waals surface area (Å²) in [5.74, 6) is 1.18. The molecule has 0 saturated carbocycles. The van der Waals surface area contributed by atoms with Crippen molar-refractivity contribution in [1.29, 1.82) is 0 Å². The van der Waals surface area contributed by atoms with Gasteiger partial charge in [0.2, 0.25) is 5.91 Å². The van der Waals surface area contributed by atoms with Gasteiger partial charge in [-0.3, -0.25) is 4.79 Å². The van der Waals surface area contributed by atoms with Crippen LogP contribution in [0.5, 0.6) is 0 Å². The highest BCUT2D eigenvalue weighted by Gasteiger charge is 2.16. The van der Waals surface area contributed by atoms with Crippen LogP contribution in [0.15, 0.2) is 22.7 Å². The monoisotopic (exact) mass is 310 g/mol. The van der Waals surface area contributed by atoms with Gasteiger partial charge < -0.3 is 9.88 Å². The molecule has 0 saturated heterocycles. The van der Waals surface area contributed by atoms with Crippen LogP contribution in [0, 0.1) is 0 Å². The Labute approximate surface area is 126 Å². The third-order valence-corrected chi connectivity index (χ3v) is 4.31. The van der Waals surface area contributed by atoms with Crippen LogP contribution in [0.1, 0.15) is 20.8 Å². The lowest BCUT2D eigenvalue weighted by Crippen LogP contribution is -2.41. The number of rotatable bonds is 4. The molecule has 0 fully saturated rings. The zero-order valence-corrected chi connectivity index (χ0v) is 13.6. The molecule has 0 unspecified atom stereocenters. The third kappa shape index (κ3) is 3.83. The van der Waals surface area contributed by atoms with Crippen molar-refractivity contribution >= 4 is 29.0 Å². The average molecular weight is 310 g/mol. The quantitative estimate of drug-likeness (QED) is 0.882. The van der Waals surface area contributed by atoms with Crippen LogP contribution in [0.2, 0.25) is 0 Å². The van der Waals surface area contributed by atoms with E-state index in [0.29, 0.717) is 5.75 Å². The van der Waals surface area contributed by atoms with Crippen molar-refractivity contribution in [2.45, 2.75) is 31.5 Å². The largest absolute Gasteiger partial charge is 0.351 e. The molecule has 1 amide bonds. The van der Waals surface area contributed by atoms with Crippen molar-refractivity contribution in [2.24, 2.45) is 7.05 Å². The summed E-state index contributed by atoms with van der Waals surface area (Å²) in [5.41, 5.74) is -0.209. The van der Waals surface area contributed by atoms with Crippen LogP contribution < -0.4 is 5.32 Å². The number of hydrogen-bond donors (Lipinski definition) is 1. The molecule has 0 aliphatic rings. The third-order valence-electron chi connectivity index (χ3n) is 2.42. The van der Waals surface area contributed by atoms with Gasteiger partial charge in [-0.05, 0) is 32.2 Å². The molecule has 20 heavy (non-hydrogen) atoms. The molecule has 0 radical (unpaired) electrons. The first-order valence-corrected chi connectivity index (χ1v) is 8.10. The van der Waals surface area contributed by atoms with Gasteiger partial charge in [0.05, 0.1) is 10.6 Å². The number of carbonyl (C=O) groups excluding carboxylic acids is 1. The summed E-state index contributed by atoms with van der Waals surface area (Å²) >= 11 is 3.02. The molecular formula is C13H18N4OS2. The number of amides is 1. The summed E-state index contributed by atoms with van der Waals surface area (Å²) in [6, 6.07) is 3.99. The molecule has 0 atom stereocenters. The smallest absolute Gasteiger partial charge is 0.230 e. The Hall–Kier alpha value is -1.34. The molecule has 5 nitrogen and oxygen atoms in total. The van der Waals surface area contributed by atoms with E-state index in [1.165, 1.54) is 11.8 Å². The second-order valence-electron chi connectivity index (χ2n) is 5.43. The number of nitrogens with zero attached hydrogens (tertiary/aromatic N) is 3. The minimum Gasteiger partial charge on any atom is -0.351 e. The zero-order valence-electron chi connectivity index (χ0n) is 12.0. The van der Waals surface area contributed by atoms with Crippen LogP contribution in [-0.4, -0.2) is 32.0 Å². The van der Waals surface area contributed by atoms with Crippen molar-refractivity contribution in [3.05, 3.63) is 17.5 Å². The first-order chi connectivity index (χ1) is 9.37. The van der Waals surface area contributed by atoms with Gasteiger partial charge in [-0.1, -0.05) is 17.8 Å². The summed E-state index contributed by atoms with van der Waals surface area (Å²) in [6.45, 7) is 5.90. The van der Waals surface area contributed by atoms with E-state index in [-0.39, 0.29) is 11.4 Å². The Morgan fingerprint density at radius 1 is 1.45 bits per heavy atom. The van der Waals surface area contributed by atoms with Crippen LogP contribution in [0.4, 0.5) is 0 Å². The molecule has 2 aromatic rings. The van der Waals surface area contributed by atoms with Crippen molar-refractivity contribution in [3.8, 4) is 10.7 Å². The number of thioether (sulfide) groups is 1. The van der Waals surface area contributed by atoms with Crippen molar-refractivity contribution in [3.63, 3.8) is 0 Å². The number of hydrogen-bond acceptors (Lipinski definition) is 5. The van der Waals surface area contributed by atoms with Crippen LogP contribution in [-0.2, 0) is 11.8 Å². The van der Waals surface area contributed by atoms with E-state index in [1.54, 1.807) is 11.3 Å². The Kier molecular flexibility index (Phi) is 4.49. The lowest BCUT2D eigenvalue weighted by molar-refractivity contribution is -0.119. The van der Waals surface area contributed by atoms with Gasteiger partial charge in [-0.15, -0.1) is 21.5 Å². The molecule has 0 spiro atoms. The van der Waals surface area contributed by atoms with E-state index in [0.717, 1.165) is 15.9 Å². The molecule has 2 aromatic heterocycles. The zero-order chi connectivity index (χ0) is 14.8. The summed E-state index contributed by atoms with van der Waals surface area (Å²) < 4.78 is 1.92. The molecule has 0 aromatic carbocycles. The predicted octanol–water partition coefficient (Wildman–Crippen LogP) is 2.55. The van der Waals surface area contributed by atoms with Gasteiger partial charge in [-0.2, -0.15) is 0 Å². The lowest BCUT2D eigenvalue weighted by atomic mass is 10.1. The fraction of sp³-hybridized carbons (Fsp3) is 0.462. The van der Waals surface area contributed by atoms with Gasteiger partial charge in [0.15, 0.2) is 11.0 Å². The van der Waals surface area contributed by atoms with Gasteiger partial charge in [-0.25, -0.2) is 0 Å². The van der Waals surface area contributed by atoms with E-state index >= 15 is 0 Å². The number of carbonyl (C=O) groups is 1. The first-order valence-electron chi connectivity index (χ1n) is 6.24. The average Bonchev–Trinajstić information content (AvgIpc) is 2.93. The molecule has 0 aliphatic heterocycles. The number of nitrogens with one attached hydrogen (secondary N) is 1. The Morgan fingerprint density at radius 2 is 2.20 bits per heavy atom. The van der Waals surface area contributed by atoms with E-state index in [1.807, 2.05) is 49.9 Å². The Bertz CT molecular complexity index is 584. The Morgan fingerprint density at radius 3 is 2.80 bits per heavy atom. The maximum atomic E-state index is 11.8. The topological polar surface area (TPSA) is 59.8 Å². The van der Waals surface area contributed by atoms with Crippen molar-refractivity contribution in [1.82, 2.24) is 20.1 Å². The van der Waals surface area contributed by atoms with Gasteiger partial charge in [0, 0.05) is 12.6 Å². The molecule has 2 rings (SSSR count). The van der Waals surface area contributed by atoms with Gasteiger partial charge >= 0.3 is 0 Å². The first kappa shape index (κ1) is 15.1. The molecule has 108 valence electrons. The predicted molar refractivity (Wildman–Crippen MR) is 82.9 cm³/mol. The normalized spacial score (nSPS) is 11.6.